The van der Waals surface area contributed by atoms with Crippen LogP contribution in [0.5, 0.6) is 0 Å². The van der Waals surface area contributed by atoms with Gasteiger partial charge in [-0.1, -0.05) is 0 Å². The molecule has 0 saturated carbocycles. The van der Waals surface area contributed by atoms with Crippen LogP contribution in [0.1, 0.15) is 35.1 Å². The summed E-state index contributed by atoms with van der Waals surface area (Å²) in [5.41, 5.74) is 10.0. The van der Waals surface area contributed by atoms with E-state index in [1.165, 1.54) is 32.7 Å². The van der Waals surface area contributed by atoms with Crippen molar-refractivity contribution >= 4 is 42.0 Å². The molecule has 0 saturated heterocycles. The Labute approximate surface area is 260 Å². The van der Waals surface area contributed by atoms with Crippen molar-refractivity contribution in [2.24, 2.45) is 4.99 Å². The summed E-state index contributed by atoms with van der Waals surface area (Å²) in [4.78, 5) is 19.5. The summed E-state index contributed by atoms with van der Waals surface area (Å²) >= 11 is 0. The van der Waals surface area contributed by atoms with E-state index in [1.54, 1.807) is 0 Å². The van der Waals surface area contributed by atoms with E-state index in [4.69, 9.17) is 9.97 Å². The van der Waals surface area contributed by atoms with Crippen LogP contribution in [0.2, 0.25) is 13.1 Å². The minimum absolute atomic E-state index is 0.744. The molecular weight excluding hydrogens is 553 g/mol. The second-order valence-electron chi connectivity index (χ2n) is 11.5. The first-order valence-corrected chi connectivity index (χ1v) is 18.5. The molecule has 0 bridgehead atoms. The minimum atomic E-state index is -2.85. The molecule has 0 aliphatic carbocycles. The summed E-state index contributed by atoms with van der Waals surface area (Å²) in [5, 5.41) is 2.62. The predicted molar refractivity (Wildman–Crippen MR) is 189 cm³/mol. The zero-order valence-corrected chi connectivity index (χ0v) is 26.5. The van der Waals surface area contributed by atoms with Crippen LogP contribution in [0.4, 0.5) is 0 Å². The molecule has 4 heterocycles. The Bertz CT molecular complexity index is 1940. The average molecular weight is 588 g/mol. The molecule has 0 spiro atoms. The van der Waals surface area contributed by atoms with Crippen LogP contribution in [0, 0.1) is 0 Å². The number of allylic oxidation sites excluding steroid dienone is 5. The summed E-state index contributed by atoms with van der Waals surface area (Å²) in [6.07, 6.45) is 7.72. The molecule has 216 valence electrons. The van der Waals surface area contributed by atoms with Crippen molar-refractivity contribution in [1.29, 1.82) is 0 Å². The van der Waals surface area contributed by atoms with Gasteiger partial charge in [0.25, 0.3) is 0 Å². The van der Waals surface area contributed by atoms with Crippen LogP contribution >= 0.6 is 0 Å². The van der Waals surface area contributed by atoms with Crippen molar-refractivity contribution in [1.82, 2.24) is 15.0 Å². The van der Waals surface area contributed by atoms with Gasteiger partial charge >= 0.3 is 261 Å². The number of aliphatic imine (C=N–C) groups is 1. The van der Waals surface area contributed by atoms with Crippen LogP contribution < -0.4 is 0 Å². The number of aromatic nitrogens is 3. The van der Waals surface area contributed by atoms with Crippen molar-refractivity contribution in [3.8, 4) is 11.4 Å². The van der Waals surface area contributed by atoms with Gasteiger partial charge in [-0.3, -0.25) is 0 Å². The van der Waals surface area contributed by atoms with Crippen LogP contribution in [0.3, 0.4) is 0 Å². The molecule has 0 fully saturated rings. The van der Waals surface area contributed by atoms with E-state index in [9.17, 15) is 0 Å². The van der Waals surface area contributed by atoms with Gasteiger partial charge in [-0.25, -0.2) is 0 Å². The Balaban J connectivity index is 1.66. The Kier molecular flexibility index (Phi) is 8.22. The van der Waals surface area contributed by atoms with Gasteiger partial charge in [-0.05, 0) is 0 Å². The normalized spacial score (nSPS) is 15.6. The summed E-state index contributed by atoms with van der Waals surface area (Å²) in [6, 6.07) is 39.9. The molecule has 0 N–H and O–H groups in total. The molecular formula is C39H35N4Si-. The van der Waals surface area contributed by atoms with Crippen LogP contribution in [-0.2, 0) is 0 Å². The van der Waals surface area contributed by atoms with Crippen LogP contribution in [-0.4, -0.2) is 29.7 Å². The maximum atomic E-state index is 5.28. The van der Waals surface area contributed by atoms with E-state index in [0.717, 1.165) is 34.2 Å². The Morgan fingerprint density at radius 1 is 0.636 bits per heavy atom. The standard InChI is InChI=1S/C39H35N4Si/c1-5-6-21-30(40-2)32-23-15-25-34(42-32)38-36(28-17-9-7-10-18-28)37(29-19-11-8-12-20-29)39(44(38,3)4)35-26-16-24-33(43-35)31-22-13-14-27-41-31/h5-27,44H,2H2,1,3-4H3/q-1/b6-5-,30-21-. The first-order chi connectivity index (χ1) is 21.5. The van der Waals surface area contributed by atoms with Gasteiger partial charge < -0.3 is 0 Å². The van der Waals surface area contributed by atoms with Gasteiger partial charge in [0.15, 0.2) is 0 Å². The summed E-state index contributed by atoms with van der Waals surface area (Å²) < 4.78 is 0. The molecule has 44 heavy (non-hydrogen) atoms. The number of pyridine rings is 3. The molecule has 6 rings (SSSR count). The van der Waals surface area contributed by atoms with Crippen molar-refractivity contribution in [3.05, 3.63) is 168 Å². The zero-order chi connectivity index (χ0) is 30.5. The van der Waals surface area contributed by atoms with Gasteiger partial charge in [-0.2, -0.15) is 0 Å². The summed E-state index contributed by atoms with van der Waals surface area (Å²) in [6.45, 7) is 10.7. The molecule has 0 amide bonds. The number of rotatable bonds is 8. The van der Waals surface area contributed by atoms with Gasteiger partial charge in [0, 0.05) is 0 Å². The van der Waals surface area contributed by atoms with Crippen LogP contribution in [0.15, 0.2) is 145 Å². The molecule has 0 unspecified atom stereocenters. The molecule has 3 aromatic heterocycles. The van der Waals surface area contributed by atoms with E-state index < -0.39 is 8.07 Å². The van der Waals surface area contributed by atoms with Crippen LogP contribution in [0.25, 0.3) is 38.6 Å². The van der Waals surface area contributed by atoms with Gasteiger partial charge in [0.2, 0.25) is 0 Å². The maximum absolute atomic E-state index is 5.28. The van der Waals surface area contributed by atoms with E-state index in [1.807, 2.05) is 61.7 Å². The number of hydrogen-bond donors (Lipinski definition) is 0. The number of benzene rings is 2. The fourth-order valence-corrected chi connectivity index (χ4v) is 10.5. The SMILES string of the molecule is C=N/C(=C\C=C/C)c1cccc(C2=C(c3ccccc3)C(c3ccccc3)=C(c3cccc(-c4ccccn4)n3)[SiH-]2(C)C)n1. The van der Waals surface area contributed by atoms with Gasteiger partial charge in [0.05, 0.1) is 0 Å². The fourth-order valence-electron chi connectivity index (χ4n) is 6.32. The molecule has 1 aliphatic rings. The number of hydrogen-bond acceptors (Lipinski definition) is 4. The van der Waals surface area contributed by atoms with Crippen molar-refractivity contribution < 1.29 is 0 Å². The Morgan fingerprint density at radius 3 is 1.75 bits per heavy atom. The third-order valence-electron chi connectivity index (χ3n) is 8.21. The molecule has 5 aromatic rings. The topological polar surface area (TPSA) is 51.0 Å². The molecule has 1 aliphatic heterocycles. The van der Waals surface area contributed by atoms with Gasteiger partial charge in [0.1, 0.15) is 0 Å². The van der Waals surface area contributed by atoms with Crippen molar-refractivity contribution in [3.63, 3.8) is 0 Å². The molecule has 0 atom stereocenters. The molecule has 2 aromatic carbocycles. The summed E-state index contributed by atoms with van der Waals surface area (Å²) in [5.74, 6) is 0. The second-order valence-corrected chi connectivity index (χ2v) is 16.4. The van der Waals surface area contributed by atoms with Crippen molar-refractivity contribution in [2.75, 3.05) is 0 Å². The van der Waals surface area contributed by atoms with E-state index in [2.05, 4.69) is 115 Å². The first-order valence-electron chi connectivity index (χ1n) is 15.0. The quantitative estimate of drug-likeness (QED) is 0.103. The number of nitrogens with zero attached hydrogens (tertiary/aromatic N) is 4. The predicted octanol–water partition coefficient (Wildman–Crippen LogP) is 9.21. The average Bonchev–Trinajstić information content (AvgIpc) is 3.33. The zero-order valence-electron chi connectivity index (χ0n) is 25.4. The Morgan fingerprint density at radius 2 is 1.18 bits per heavy atom. The van der Waals surface area contributed by atoms with E-state index in [0.29, 0.717) is 0 Å². The van der Waals surface area contributed by atoms with E-state index in [-0.39, 0.29) is 0 Å². The monoisotopic (exact) mass is 587 g/mol. The molecule has 4 nitrogen and oxygen atoms in total. The van der Waals surface area contributed by atoms with Gasteiger partial charge in [-0.15, -0.1) is 0 Å². The first kappa shape index (κ1) is 28.8. The molecule has 5 heteroatoms. The molecule has 0 radical (unpaired) electrons. The second kappa shape index (κ2) is 12.5. The van der Waals surface area contributed by atoms with E-state index >= 15 is 0 Å². The third kappa shape index (κ3) is 5.46. The summed E-state index contributed by atoms with van der Waals surface area (Å²) in [7, 11) is -2.85. The Hall–Kier alpha value is -5.26. The fraction of sp³-hybridized carbons (Fsp3) is 0.0769. The van der Waals surface area contributed by atoms with Crippen molar-refractivity contribution in [2.45, 2.75) is 20.0 Å². The third-order valence-corrected chi connectivity index (χ3v) is 12.3.